The topological polar surface area (TPSA) is 77.4 Å². The van der Waals surface area contributed by atoms with Gasteiger partial charge in [-0.2, -0.15) is 5.26 Å². The van der Waals surface area contributed by atoms with Crippen molar-refractivity contribution in [1.82, 2.24) is 15.0 Å². The SMILES string of the molecule is CNc1nc(-c2c[nH]c3c(F)cc(C#N)cc23)ncc1F. The van der Waals surface area contributed by atoms with Crippen LogP contribution in [-0.2, 0) is 0 Å². The lowest BCUT2D eigenvalue weighted by molar-refractivity contribution is 0.619. The van der Waals surface area contributed by atoms with Crippen molar-refractivity contribution in [3.05, 3.63) is 41.7 Å². The first-order chi connectivity index (χ1) is 10.1. The minimum absolute atomic E-state index is 0.0475. The van der Waals surface area contributed by atoms with Gasteiger partial charge in [0, 0.05) is 24.2 Å². The third-order valence-electron chi connectivity index (χ3n) is 3.09. The molecule has 0 aliphatic heterocycles. The second-order valence-corrected chi connectivity index (χ2v) is 4.33. The van der Waals surface area contributed by atoms with E-state index in [-0.39, 0.29) is 22.7 Å². The average Bonchev–Trinajstić information content (AvgIpc) is 2.92. The Morgan fingerprint density at radius 3 is 2.81 bits per heavy atom. The van der Waals surface area contributed by atoms with E-state index in [9.17, 15) is 8.78 Å². The molecule has 2 N–H and O–H groups in total. The monoisotopic (exact) mass is 285 g/mol. The van der Waals surface area contributed by atoms with Crippen LogP contribution < -0.4 is 5.32 Å². The Labute approximate surface area is 118 Å². The quantitative estimate of drug-likeness (QED) is 0.759. The zero-order valence-electron chi connectivity index (χ0n) is 10.9. The maximum Gasteiger partial charge on any atom is 0.183 e. The first kappa shape index (κ1) is 13.0. The molecule has 3 rings (SSSR count). The Balaban J connectivity index is 2.26. The molecule has 0 radical (unpaired) electrons. The molecule has 0 unspecified atom stereocenters. The summed E-state index contributed by atoms with van der Waals surface area (Å²) in [6.07, 6.45) is 2.57. The number of nitrogens with zero attached hydrogens (tertiary/aromatic N) is 3. The predicted octanol–water partition coefficient (Wildman–Crippen LogP) is 2.82. The fourth-order valence-electron chi connectivity index (χ4n) is 2.11. The van der Waals surface area contributed by atoms with Gasteiger partial charge < -0.3 is 10.3 Å². The third-order valence-corrected chi connectivity index (χ3v) is 3.09. The number of hydrogen-bond acceptors (Lipinski definition) is 4. The zero-order valence-corrected chi connectivity index (χ0v) is 10.9. The Morgan fingerprint density at radius 1 is 1.29 bits per heavy atom. The number of aromatic nitrogens is 3. The van der Waals surface area contributed by atoms with Gasteiger partial charge in [-0.1, -0.05) is 0 Å². The lowest BCUT2D eigenvalue weighted by atomic mass is 10.1. The molecule has 21 heavy (non-hydrogen) atoms. The molecule has 0 aliphatic carbocycles. The van der Waals surface area contributed by atoms with Crippen LogP contribution in [-0.4, -0.2) is 22.0 Å². The molecule has 0 atom stereocenters. The summed E-state index contributed by atoms with van der Waals surface area (Å²) in [5.74, 6) is -0.830. The van der Waals surface area contributed by atoms with Gasteiger partial charge in [0.05, 0.1) is 23.3 Å². The van der Waals surface area contributed by atoms with Crippen molar-refractivity contribution in [2.45, 2.75) is 0 Å². The molecule has 104 valence electrons. The highest BCUT2D eigenvalue weighted by atomic mass is 19.1. The van der Waals surface area contributed by atoms with Crippen LogP contribution in [0.15, 0.2) is 24.5 Å². The number of nitriles is 1. The summed E-state index contributed by atoms with van der Waals surface area (Å²) in [6, 6.07) is 4.58. The van der Waals surface area contributed by atoms with Gasteiger partial charge in [0.1, 0.15) is 5.82 Å². The fourth-order valence-corrected chi connectivity index (χ4v) is 2.11. The maximum absolute atomic E-state index is 13.9. The molecule has 0 aliphatic rings. The van der Waals surface area contributed by atoms with Gasteiger partial charge in [-0.3, -0.25) is 0 Å². The Kier molecular flexibility index (Phi) is 2.99. The van der Waals surface area contributed by atoms with Crippen LogP contribution in [0.4, 0.5) is 14.6 Å². The zero-order chi connectivity index (χ0) is 15.0. The molecule has 3 aromatic rings. The Hall–Kier alpha value is -3.01. The molecule has 0 amide bonds. The van der Waals surface area contributed by atoms with Crippen LogP contribution in [0.5, 0.6) is 0 Å². The largest absolute Gasteiger partial charge is 0.371 e. The highest BCUT2D eigenvalue weighted by molar-refractivity contribution is 5.95. The predicted molar refractivity (Wildman–Crippen MR) is 73.5 cm³/mol. The molecule has 0 spiro atoms. The summed E-state index contributed by atoms with van der Waals surface area (Å²) < 4.78 is 27.3. The van der Waals surface area contributed by atoms with Crippen molar-refractivity contribution in [2.75, 3.05) is 12.4 Å². The summed E-state index contributed by atoms with van der Waals surface area (Å²) in [6.45, 7) is 0. The molecule has 0 saturated heterocycles. The van der Waals surface area contributed by atoms with E-state index in [1.807, 2.05) is 6.07 Å². The minimum Gasteiger partial charge on any atom is -0.371 e. The van der Waals surface area contributed by atoms with Crippen LogP contribution >= 0.6 is 0 Å². The van der Waals surface area contributed by atoms with Crippen LogP contribution in [0, 0.1) is 23.0 Å². The van der Waals surface area contributed by atoms with E-state index in [1.54, 1.807) is 0 Å². The number of fused-ring (bicyclic) bond motifs is 1. The van der Waals surface area contributed by atoms with Gasteiger partial charge in [-0.25, -0.2) is 18.7 Å². The van der Waals surface area contributed by atoms with E-state index in [0.29, 0.717) is 10.9 Å². The summed E-state index contributed by atoms with van der Waals surface area (Å²) in [4.78, 5) is 10.7. The molecular weight excluding hydrogens is 276 g/mol. The van der Waals surface area contributed by atoms with E-state index < -0.39 is 11.6 Å². The number of anilines is 1. The number of nitrogens with one attached hydrogen (secondary N) is 2. The number of H-pyrrole nitrogens is 1. The number of benzene rings is 1. The van der Waals surface area contributed by atoms with E-state index in [2.05, 4.69) is 20.3 Å². The second-order valence-electron chi connectivity index (χ2n) is 4.33. The van der Waals surface area contributed by atoms with Gasteiger partial charge in [-0.05, 0) is 12.1 Å². The summed E-state index contributed by atoms with van der Waals surface area (Å²) >= 11 is 0. The van der Waals surface area contributed by atoms with Crippen molar-refractivity contribution in [1.29, 1.82) is 5.26 Å². The van der Waals surface area contributed by atoms with E-state index in [1.165, 1.54) is 19.3 Å². The highest BCUT2D eigenvalue weighted by Gasteiger charge is 2.15. The minimum atomic E-state index is -0.579. The van der Waals surface area contributed by atoms with E-state index in [0.717, 1.165) is 12.3 Å². The molecular formula is C14H9F2N5. The molecule has 0 fully saturated rings. The number of hydrogen-bond donors (Lipinski definition) is 2. The van der Waals surface area contributed by atoms with Crippen molar-refractivity contribution < 1.29 is 8.78 Å². The lowest BCUT2D eigenvalue weighted by Crippen LogP contribution is -1.99. The van der Waals surface area contributed by atoms with Crippen molar-refractivity contribution >= 4 is 16.7 Å². The van der Waals surface area contributed by atoms with Crippen molar-refractivity contribution in [3.8, 4) is 17.5 Å². The number of rotatable bonds is 2. The first-order valence-electron chi connectivity index (χ1n) is 6.05. The van der Waals surface area contributed by atoms with Crippen LogP contribution in [0.3, 0.4) is 0 Å². The van der Waals surface area contributed by atoms with Crippen LogP contribution in [0.25, 0.3) is 22.3 Å². The summed E-state index contributed by atoms with van der Waals surface area (Å²) in [7, 11) is 1.54. The highest BCUT2D eigenvalue weighted by Crippen LogP contribution is 2.29. The van der Waals surface area contributed by atoms with Crippen LogP contribution in [0.1, 0.15) is 5.56 Å². The van der Waals surface area contributed by atoms with E-state index >= 15 is 0 Å². The molecule has 0 saturated carbocycles. The Bertz CT molecular complexity index is 879. The molecule has 7 heteroatoms. The molecule has 1 aromatic carbocycles. The lowest BCUT2D eigenvalue weighted by Gasteiger charge is -2.04. The number of aromatic amines is 1. The fraction of sp³-hybridized carbons (Fsp3) is 0.0714. The summed E-state index contributed by atoms with van der Waals surface area (Å²) in [5, 5.41) is 12.0. The van der Waals surface area contributed by atoms with Gasteiger partial charge in [-0.15, -0.1) is 0 Å². The standard InChI is InChI=1S/C14H9F2N5/c1-18-14-11(16)6-20-13(21-14)9-5-19-12-8(9)2-7(4-17)3-10(12)15/h2-3,5-6,19H,1H3,(H,18,20,21). The summed E-state index contributed by atoms with van der Waals surface area (Å²) in [5.41, 5.74) is 0.942. The van der Waals surface area contributed by atoms with Gasteiger partial charge in [0.15, 0.2) is 17.5 Å². The van der Waals surface area contributed by atoms with Gasteiger partial charge in [0.25, 0.3) is 0 Å². The molecule has 2 heterocycles. The van der Waals surface area contributed by atoms with Gasteiger partial charge >= 0.3 is 0 Å². The normalized spacial score (nSPS) is 10.6. The smallest absolute Gasteiger partial charge is 0.183 e. The van der Waals surface area contributed by atoms with Gasteiger partial charge in [0.2, 0.25) is 0 Å². The number of halogens is 2. The van der Waals surface area contributed by atoms with Crippen molar-refractivity contribution in [3.63, 3.8) is 0 Å². The molecule has 0 bridgehead atoms. The Morgan fingerprint density at radius 2 is 2.10 bits per heavy atom. The van der Waals surface area contributed by atoms with E-state index in [4.69, 9.17) is 5.26 Å². The van der Waals surface area contributed by atoms with Crippen molar-refractivity contribution in [2.24, 2.45) is 0 Å². The average molecular weight is 285 g/mol. The molecule has 2 aromatic heterocycles. The maximum atomic E-state index is 13.9. The molecule has 5 nitrogen and oxygen atoms in total. The first-order valence-corrected chi connectivity index (χ1v) is 6.05. The van der Waals surface area contributed by atoms with Crippen LogP contribution in [0.2, 0.25) is 0 Å². The third kappa shape index (κ3) is 2.07. The second kappa shape index (κ2) is 4.83.